The topological polar surface area (TPSA) is 114 Å². The molecule has 3 aromatic carbocycles. The van der Waals surface area contributed by atoms with Crippen LogP contribution in [0.3, 0.4) is 0 Å². The Morgan fingerprint density at radius 3 is 2.13 bits per heavy atom. The Morgan fingerprint density at radius 1 is 0.933 bits per heavy atom. The fraction of sp³-hybridized carbons (Fsp3) is 0.0476. The van der Waals surface area contributed by atoms with E-state index in [0.29, 0.717) is 16.9 Å². The SMILES string of the molecule is COc1ccc(S(=O)(=O)Oc2ccc(/C=N\NC(=O)c3ccc(O)cc3)cc2)cc1. The van der Waals surface area contributed by atoms with E-state index >= 15 is 0 Å². The molecule has 3 aromatic rings. The third-order valence-corrected chi connectivity index (χ3v) is 5.20. The maximum Gasteiger partial charge on any atom is 0.339 e. The molecule has 0 atom stereocenters. The van der Waals surface area contributed by atoms with Gasteiger partial charge in [0.1, 0.15) is 22.1 Å². The molecule has 0 heterocycles. The standard InChI is InChI=1S/C21H18N2O6S/c1-28-18-10-12-20(13-11-18)30(26,27)29-19-8-2-15(3-9-19)14-22-23-21(25)16-4-6-17(24)7-5-16/h2-14,24H,1H3,(H,23,25)/b22-14-. The molecule has 9 heteroatoms. The average molecular weight is 426 g/mol. The first-order valence-corrected chi connectivity index (χ1v) is 10.1. The van der Waals surface area contributed by atoms with Crippen LogP contribution in [0, 0.1) is 0 Å². The quantitative estimate of drug-likeness (QED) is 0.341. The summed E-state index contributed by atoms with van der Waals surface area (Å²) < 4.78 is 34.8. The molecule has 0 aliphatic rings. The van der Waals surface area contributed by atoms with E-state index in [9.17, 15) is 18.3 Å². The summed E-state index contributed by atoms with van der Waals surface area (Å²) in [4.78, 5) is 11.9. The van der Waals surface area contributed by atoms with Crippen molar-refractivity contribution in [3.63, 3.8) is 0 Å². The number of phenolic OH excluding ortho intramolecular Hbond substituents is 1. The lowest BCUT2D eigenvalue weighted by molar-refractivity contribution is 0.0955. The molecule has 0 saturated carbocycles. The van der Waals surface area contributed by atoms with Gasteiger partial charge in [-0.15, -0.1) is 0 Å². The molecule has 0 unspecified atom stereocenters. The van der Waals surface area contributed by atoms with E-state index in [0.717, 1.165) is 0 Å². The van der Waals surface area contributed by atoms with E-state index in [1.54, 1.807) is 12.1 Å². The Balaban J connectivity index is 1.60. The molecular weight excluding hydrogens is 408 g/mol. The molecule has 0 radical (unpaired) electrons. The number of hydrazone groups is 1. The van der Waals surface area contributed by atoms with Gasteiger partial charge < -0.3 is 14.0 Å². The number of ether oxygens (including phenoxy) is 1. The first-order chi connectivity index (χ1) is 14.4. The summed E-state index contributed by atoms with van der Waals surface area (Å²) in [5, 5.41) is 13.1. The highest BCUT2D eigenvalue weighted by molar-refractivity contribution is 7.87. The van der Waals surface area contributed by atoms with Crippen LogP contribution < -0.4 is 14.3 Å². The van der Waals surface area contributed by atoms with Gasteiger partial charge in [0.25, 0.3) is 5.91 Å². The van der Waals surface area contributed by atoms with Gasteiger partial charge in [-0.2, -0.15) is 13.5 Å². The van der Waals surface area contributed by atoms with Crippen LogP contribution in [0.15, 0.2) is 82.8 Å². The summed E-state index contributed by atoms with van der Waals surface area (Å²) in [5.41, 5.74) is 3.33. The van der Waals surface area contributed by atoms with Gasteiger partial charge in [-0.05, 0) is 78.4 Å². The molecular formula is C21H18N2O6S. The van der Waals surface area contributed by atoms with Gasteiger partial charge in [-0.1, -0.05) is 0 Å². The van der Waals surface area contributed by atoms with Crippen LogP contribution in [0.4, 0.5) is 0 Å². The average Bonchev–Trinajstić information content (AvgIpc) is 2.75. The van der Waals surface area contributed by atoms with Crippen LogP contribution in [0.25, 0.3) is 0 Å². The summed E-state index contributed by atoms with van der Waals surface area (Å²) in [6, 6.07) is 17.7. The number of hydrogen-bond acceptors (Lipinski definition) is 7. The second kappa shape index (κ2) is 9.10. The summed E-state index contributed by atoms with van der Waals surface area (Å²) in [7, 11) is -2.49. The second-order valence-corrected chi connectivity index (χ2v) is 7.57. The minimum atomic E-state index is -3.98. The molecule has 0 spiro atoms. The van der Waals surface area contributed by atoms with Crippen molar-refractivity contribution in [2.45, 2.75) is 4.90 Å². The fourth-order valence-electron chi connectivity index (χ4n) is 2.37. The van der Waals surface area contributed by atoms with Crippen molar-refractivity contribution in [2.24, 2.45) is 5.10 Å². The number of phenols is 1. The Labute approximate surface area is 173 Å². The number of nitrogens with one attached hydrogen (secondary N) is 1. The molecule has 154 valence electrons. The van der Waals surface area contributed by atoms with Crippen molar-refractivity contribution >= 4 is 22.2 Å². The monoisotopic (exact) mass is 426 g/mol. The van der Waals surface area contributed by atoms with Gasteiger partial charge in [-0.25, -0.2) is 5.43 Å². The van der Waals surface area contributed by atoms with Crippen molar-refractivity contribution in [1.29, 1.82) is 0 Å². The lowest BCUT2D eigenvalue weighted by Crippen LogP contribution is -2.17. The van der Waals surface area contributed by atoms with Gasteiger partial charge in [0, 0.05) is 5.56 Å². The maximum atomic E-state index is 12.3. The summed E-state index contributed by atoms with van der Waals surface area (Å²) in [5.74, 6) is 0.300. The molecule has 0 bridgehead atoms. The number of carbonyl (C=O) groups excluding carboxylic acids is 1. The normalized spacial score (nSPS) is 11.2. The molecule has 30 heavy (non-hydrogen) atoms. The Morgan fingerprint density at radius 2 is 1.53 bits per heavy atom. The van der Waals surface area contributed by atoms with Crippen molar-refractivity contribution in [3.05, 3.63) is 83.9 Å². The predicted molar refractivity (Wildman–Crippen MR) is 110 cm³/mol. The number of carbonyl (C=O) groups is 1. The highest BCUT2D eigenvalue weighted by Gasteiger charge is 2.16. The predicted octanol–water partition coefficient (Wildman–Crippen LogP) is 2.93. The maximum absolute atomic E-state index is 12.3. The minimum absolute atomic E-state index is 0.00545. The van der Waals surface area contributed by atoms with Crippen molar-refractivity contribution in [2.75, 3.05) is 7.11 Å². The van der Waals surface area contributed by atoms with E-state index < -0.39 is 16.0 Å². The van der Waals surface area contributed by atoms with Crippen LogP contribution in [-0.2, 0) is 10.1 Å². The minimum Gasteiger partial charge on any atom is -0.508 e. The smallest absolute Gasteiger partial charge is 0.339 e. The molecule has 8 nitrogen and oxygen atoms in total. The third kappa shape index (κ3) is 5.36. The number of nitrogens with zero attached hydrogens (tertiary/aromatic N) is 1. The first-order valence-electron chi connectivity index (χ1n) is 8.68. The van der Waals surface area contributed by atoms with Gasteiger partial charge in [0.15, 0.2) is 0 Å². The lowest BCUT2D eigenvalue weighted by atomic mass is 10.2. The van der Waals surface area contributed by atoms with Crippen LogP contribution in [0.2, 0.25) is 0 Å². The number of benzene rings is 3. The highest BCUT2D eigenvalue weighted by Crippen LogP contribution is 2.21. The largest absolute Gasteiger partial charge is 0.508 e. The number of amides is 1. The van der Waals surface area contributed by atoms with Crippen molar-refractivity contribution in [3.8, 4) is 17.2 Å². The summed E-state index contributed by atoms with van der Waals surface area (Å²) in [6.45, 7) is 0. The van der Waals surface area contributed by atoms with Crippen LogP contribution in [0.1, 0.15) is 15.9 Å². The van der Waals surface area contributed by atoms with Gasteiger partial charge >= 0.3 is 10.1 Å². The Kier molecular flexibility index (Phi) is 6.33. The fourth-order valence-corrected chi connectivity index (χ4v) is 3.30. The molecule has 0 fully saturated rings. The molecule has 0 aliphatic carbocycles. The lowest BCUT2D eigenvalue weighted by Gasteiger charge is -2.08. The van der Waals surface area contributed by atoms with Crippen molar-refractivity contribution < 1.29 is 27.2 Å². The number of methoxy groups -OCH3 is 1. The second-order valence-electron chi connectivity index (χ2n) is 6.03. The van der Waals surface area contributed by atoms with Gasteiger partial charge in [0.05, 0.1) is 13.3 Å². The van der Waals surface area contributed by atoms with E-state index in [2.05, 4.69) is 10.5 Å². The third-order valence-electron chi connectivity index (χ3n) is 3.94. The first kappa shape index (κ1) is 20.9. The van der Waals surface area contributed by atoms with E-state index in [4.69, 9.17) is 8.92 Å². The number of rotatable bonds is 7. The van der Waals surface area contributed by atoms with Gasteiger partial charge in [0.2, 0.25) is 0 Å². The van der Waals surface area contributed by atoms with Crippen LogP contribution >= 0.6 is 0 Å². The summed E-state index contributed by atoms with van der Waals surface area (Å²) >= 11 is 0. The molecule has 2 N–H and O–H groups in total. The zero-order chi connectivity index (χ0) is 21.6. The zero-order valence-corrected chi connectivity index (χ0v) is 16.7. The van der Waals surface area contributed by atoms with E-state index in [-0.39, 0.29) is 16.4 Å². The Hall–Kier alpha value is -3.85. The Bertz CT molecular complexity index is 1140. The van der Waals surface area contributed by atoms with Crippen LogP contribution in [0.5, 0.6) is 17.2 Å². The molecule has 0 aliphatic heterocycles. The molecule has 3 rings (SSSR count). The van der Waals surface area contributed by atoms with E-state index in [1.807, 2.05) is 0 Å². The summed E-state index contributed by atoms with van der Waals surface area (Å²) in [6.07, 6.45) is 1.40. The molecule has 1 amide bonds. The zero-order valence-electron chi connectivity index (χ0n) is 15.8. The van der Waals surface area contributed by atoms with E-state index in [1.165, 1.54) is 74.0 Å². The van der Waals surface area contributed by atoms with Crippen LogP contribution in [-0.4, -0.2) is 32.8 Å². The molecule has 0 aromatic heterocycles. The van der Waals surface area contributed by atoms with Gasteiger partial charge in [-0.3, -0.25) is 4.79 Å². The number of aromatic hydroxyl groups is 1. The number of hydrogen-bond donors (Lipinski definition) is 2. The molecule has 0 saturated heterocycles. The highest BCUT2D eigenvalue weighted by atomic mass is 32.2. The van der Waals surface area contributed by atoms with Crippen molar-refractivity contribution in [1.82, 2.24) is 5.43 Å².